The van der Waals surface area contributed by atoms with Crippen molar-refractivity contribution in [2.45, 2.75) is 6.10 Å². The van der Waals surface area contributed by atoms with Crippen LogP contribution >= 0.6 is 0 Å². The molecule has 7 nitrogen and oxygen atoms in total. The second kappa shape index (κ2) is 11.6. The van der Waals surface area contributed by atoms with Gasteiger partial charge in [-0.1, -0.05) is 6.07 Å². The molecule has 7 heteroatoms. The number of anilines is 1. The molecule has 164 valence electrons. The van der Waals surface area contributed by atoms with Gasteiger partial charge in [-0.15, -0.1) is 0 Å². The van der Waals surface area contributed by atoms with Gasteiger partial charge in [0.2, 0.25) is 0 Å². The van der Waals surface area contributed by atoms with Crippen molar-refractivity contribution in [1.29, 1.82) is 0 Å². The Morgan fingerprint density at radius 2 is 1.57 bits per heavy atom. The van der Waals surface area contributed by atoms with Crippen LogP contribution in [0.5, 0.6) is 17.2 Å². The summed E-state index contributed by atoms with van der Waals surface area (Å²) in [6.45, 7) is 5.50. The summed E-state index contributed by atoms with van der Waals surface area (Å²) in [5, 5.41) is 10.3. The van der Waals surface area contributed by atoms with E-state index in [2.05, 4.69) is 21.9 Å². The van der Waals surface area contributed by atoms with E-state index in [9.17, 15) is 5.11 Å². The summed E-state index contributed by atoms with van der Waals surface area (Å²) in [7, 11) is 3.30. The predicted octanol–water partition coefficient (Wildman–Crippen LogP) is 2.28. The van der Waals surface area contributed by atoms with Gasteiger partial charge in [-0.05, 0) is 36.4 Å². The number of ether oxygens (including phenoxy) is 4. The van der Waals surface area contributed by atoms with Crippen LogP contribution < -0.4 is 19.1 Å². The highest BCUT2D eigenvalue weighted by molar-refractivity contribution is 5.49. The van der Waals surface area contributed by atoms with Gasteiger partial charge in [-0.3, -0.25) is 4.90 Å². The van der Waals surface area contributed by atoms with Crippen molar-refractivity contribution in [2.75, 3.05) is 71.7 Å². The number of β-amino-alcohol motifs (C(OH)–C–C–N with tert-alkyl or cyclic N) is 1. The fourth-order valence-electron chi connectivity index (χ4n) is 3.46. The van der Waals surface area contributed by atoms with Crippen molar-refractivity contribution in [1.82, 2.24) is 4.90 Å². The maximum absolute atomic E-state index is 10.3. The summed E-state index contributed by atoms with van der Waals surface area (Å²) in [4.78, 5) is 4.63. The Morgan fingerprint density at radius 3 is 2.27 bits per heavy atom. The van der Waals surface area contributed by atoms with Gasteiger partial charge in [0.05, 0.1) is 33.5 Å². The molecule has 0 aromatic heterocycles. The van der Waals surface area contributed by atoms with E-state index in [1.807, 2.05) is 36.4 Å². The first-order valence-electron chi connectivity index (χ1n) is 10.3. The lowest BCUT2D eigenvalue weighted by atomic mass is 10.2. The number of aliphatic hydroxyl groups is 1. The van der Waals surface area contributed by atoms with Crippen molar-refractivity contribution in [3.63, 3.8) is 0 Å². The molecule has 1 heterocycles. The molecule has 0 amide bonds. The molecule has 1 aliphatic heterocycles. The van der Waals surface area contributed by atoms with Gasteiger partial charge in [0.15, 0.2) is 0 Å². The van der Waals surface area contributed by atoms with Crippen LogP contribution in [0.3, 0.4) is 0 Å². The molecule has 0 unspecified atom stereocenters. The van der Waals surface area contributed by atoms with Crippen LogP contribution in [0.25, 0.3) is 0 Å². The molecule has 1 N–H and O–H groups in total. The highest BCUT2D eigenvalue weighted by Crippen LogP contribution is 2.21. The van der Waals surface area contributed by atoms with E-state index in [-0.39, 0.29) is 0 Å². The van der Waals surface area contributed by atoms with Gasteiger partial charge in [-0.25, -0.2) is 0 Å². The Balaban J connectivity index is 1.28. The minimum Gasteiger partial charge on any atom is -0.497 e. The third-order valence-electron chi connectivity index (χ3n) is 5.13. The van der Waals surface area contributed by atoms with Crippen LogP contribution in [0, 0.1) is 0 Å². The standard InChI is InChI=1S/C23H32N2O5/c1-27-21-8-6-19(7-9-21)25-12-10-24(11-13-25)17-20(26)18-29-14-15-30-23-5-3-4-22(16-23)28-2/h3-9,16,20,26H,10-15,17-18H2,1-2H3/t20-/m0/s1. The van der Waals surface area contributed by atoms with E-state index in [1.165, 1.54) is 5.69 Å². The summed E-state index contributed by atoms with van der Waals surface area (Å²) in [6, 6.07) is 15.6. The van der Waals surface area contributed by atoms with Crippen molar-refractivity contribution >= 4 is 5.69 Å². The number of methoxy groups -OCH3 is 2. The molecule has 0 saturated carbocycles. The molecule has 0 spiro atoms. The molecule has 0 bridgehead atoms. The fourth-order valence-corrected chi connectivity index (χ4v) is 3.46. The van der Waals surface area contributed by atoms with E-state index < -0.39 is 6.10 Å². The van der Waals surface area contributed by atoms with E-state index >= 15 is 0 Å². The first kappa shape index (κ1) is 22.2. The van der Waals surface area contributed by atoms with Crippen LogP contribution in [-0.2, 0) is 4.74 Å². The largest absolute Gasteiger partial charge is 0.497 e. The molecular weight excluding hydrogens is 384 g/mol. The summed E-state index contributed by atoms with van der Waals surface area (Å²) >= 11 is 0. The number of rotatable bonds is 11. The van der Waals surface area contributed by atoms with Crippen LogP contribution in [0.15, 0.2) is 48.5 Å². The summed E-state index contributed by atoms with van der Waals surface area (Å²) in [6.07, 6.45) is -0.505. The van der Waals surface area contributed by atoms with Gasteiger partial charge in [-0.2, -0.15) is 0 Å². The normalized spacial score (nSPS) is 15.6. The summed E-state index contributed by atoms with van der Waals surface area (Å²) in [5.74, 6) is 2.37. The fraction of sp³-hybridized carbons (Fsp3) is 0.478. The second-order valence-corrected chi connectivity index (χ2v) is 7.24. The molecule has 1 saturated heterocycles. The third-order valence-corrected chi connectivity index (χ3v) is 5.13. The number of hydrogen-bond donors (Lipinski definition) is 1. The van der Waals surface area contributed by atoms with Crippen molar-refractivity contribution < 1.29 is 24.1 Å². The molecule has 3 rings (SSSR count). The molecule has 1 aliphatic rings. The number of benzene rings is 2. The van der Waals surface area contributed by atoms with Gasteiger partial charge in [0.1, 0.15) is 23.9 Å². The zero-order valence-electron chi connectivity index (χ0n) is 17.8. The number of nitrogens with zero attached hydrogens (tertiary/aromatic N) is 2. The SMILES string of the molecule is COc1ccc(N2CCN(C[C@H](O)COCCOc3cccc(OC)c3)CC2)cc1. The first-order chi connectivity index (χ1) is 14.7. The van der Waals surface area contributed by atoms with Crippen molar-refractivity contribution in [2.24, 2.45) is 0 Å². The molecule has 1 fully saturated rings. The third kappa shape index (κ3) is 6.79. The highest BCUT2D eigenvalue weighted by atomic mass is 16.5. The van der Waals surface area contributed by atoms with E-state index in [4.69, 9.17) is 18.9 Å². The monoisotopic (exact) mass is 416 g/mol. The van der Waals surface area contributed by atoms with Crippen molar-refractivity contribution in [3.05, 3.63) is 48.5 Å². The molecule has 2 aromatic rings. The Bertz CT molecular complexity index is 748. The maximum Gasteiger partial charge on any atom is 0.123 e. The zero-order valence-corrected chi connectivity index (χ0v) is 17.8. The molecular formula is C23H32N2O5. The van der Waals surface area contributed by atoms with E-state index in [0.29, 0.717) is 26.4 Å². The topological polar surface area (TPSA) is 63.6 Å². The Labute approximate surface area is 178 Å². The minimum absolute atomic E-state index is 0.306. The summed E-state index contributed by atoms with van der Waals surface area (Å²) < 4.78 is 21.6. The van der Waals surface area contributed by atoms with Crippen molar-refractivity contribution in [3.8, 4) is 17.2 Å². The zero-order chi connectivity index (χ0) is 21.2. The van der Waals surface area contributed by atoms with E-state index in [1.54, 1.807) is 14.2 Å². The lowest BCUT2D eigenvalue weighted by Gasteiger charge is -2.36. The Kier molecular flexibility index (Phi) is 8.62. The predicted molar refractivity (Wildman–Crippen MR) is 117 cm³/mol. The smallest absolute Gasteiger partial charge is 0.123 e. The average Bonchev–Trinajstić information content (AvgIpc) is 2.79. The lowest BCUT2D eigenvalue weighted by Crippen LogP contribution is -2.49. The average molecular weight is 417 g/mol. The van der Waals surface area contributed by atoms with Gasteiger partial charge >= 0.3 is 0 Å². The molecule has 0 radical (unpaired) electrons. The number of piperazine rings is 1. The highest BCUT2D eigenvalue weighted by Gasteiger charge is 2.19. The Hall–Kier alpha value is -2.48. The summed E-state index contributed by atoms with van der Waals surface area (Å²) in [5.41, 5.74) is 1.20. The second-order valence-electron chi connectivity index (χ2n) is 7.24. The molecule has 1 atom stereocenters. The quantitative estimate of drug-likeness (QED) is 0.564. The molecule has 0 aliphatic carbocycles. The van der Waals surface area contributed by atoms with Crippen LogP contribution in [0.4, 0.5) is 5.69 Å². The molecule has 2 aromatic carbocycles. The van der Waals surface area contributed by atoms with Gasteiger partial charge < -0.3 is 29.0 Å². The van der Waals surface area contributed by atoms with Crippen LogP contribution in [-0.4, -0.2) is 82.9 Å². The van der Waals surface area contributed by atoms with E-state index in [0.717, 1.165) is 43.4 Å². The maximum atomic E-state index is 10.3. The first-order valence-corrected chi connectivity index (χ1v) is 10.3. The van der Waals surface area contributed by atoms with Gasteiger partial charge in [0.25, 0.3) is 0 Å². The van der Waals surface area contributed by atoms with Crippen LogP contribution in [0.2, 0.25) is 0 Å². The Morgan fingerprint density at radius 1 is 0.867 bits per heavy atom. The number of aliphatic hydroxyl groups excluding tert-OH is 1. The van der Waals surface area contributed by atoms with Gasteiger partial charge in [0, 0.05) is 44.5 Å². The molecule has 30 heavy (non-hydrogen) atoms. The lowest BCUT2D eigenvalue weighted by molar-refractivity contribution is 0.00717. The number of hydrogen-bond acceptors (Lipinski definition) is 7. The minimum atomic E-state index is -0.505. The van der Waals surface area contributed by atoms with Crippen LogP contribution in [0.1, 0.15) is 0 Å².